The van der Waals surface area contributed by atoms with Crippen LogP contribution in [0.4, 0.5) is 4.79 Å². The van der Waals surface area contributed by atoms with Crippen molar-refractivity contribution in [1.29, 1.82) is 0 Å². The summed E-state index contributed by atoms with van der Waals surface area (Å²) >= 11 is 0. The fraction of sp³-hybridized carbons (Fsp3) is 0.750. The van der Waals surface area contributed by atoms with E-state index in [0.29, 0.717) is 12.5 Å². The van der Waals surface area contributed by atoms with E-state index in [-0.39, 0.29) is 23.3 Å². The molecule has 1 fully saturated rings. The molecule has 1 saturated heterocycles. The molecule has 1 aliphatic heterocycles. The second-order valence-electron chi connectivity index (χ2n) is 7.41. The molecule has 2 N–H and O–H groups in total. The minimum Gasteiger partial charge on any atom is -0.367 e. The molecule has 2 amide bonds. The lowest BCUT2D eigenvalue weighted by molar-refractivity contribution is -0.0690. The predicted molar refractivity (Wildman–Crippen MR) is 85.6 cm³/mol. The van der Waals surface area contributed by atoms with Crippen molar-refractivity contribution in [3.63, 3.8) is 0 Å². The molecule has 1 aromatic heterocycles. The zero-order valence-electron chi connectivity index (χ0n) is 14.2. The molecule has 22 heavy (non-hydrogen) atoms. The number of ether oxygens (including phenoxy) is 1. The van der Waals surface area contributed by atoms with Crippen LogP contribution in [-0.4, -0.2) is 39.6 Å². The van der Waals surface area contributed by atoms with Crippen molar-refractivity contribution in [3.05, 3.63) is 18.5 Å². The SMILES string of the molecule is C[C@H](CNC(=O)N[C@@H]1CC(C)(C)OC1(C)C)Cn1cccn1. The van der Waals surface area contributed by atoms with Crippen LogP contribution < -0.4 is 10.6 Å². The van der Waals surface area contributed by atoms with Gasteiger partial charge in [0.1, 0.15) is 0 Å². The Labute approximate surface area is 132 Å². The monoisotopic (exact) mass is 308 g/mol. The number of hydrogen-bond acceptors (Lipinski definition) is 3. The Kier molecular flexibility index (Phi) is 4.80. The second kappa shape index (κ2) is 6.28. The van der Waals surface area contributed by atoms with E-state index in [1.807, 2.05) is 30.8 Å². The smallest absolute Gasteiger partial charge is 0.315 e. The standard InChI is InChI=1S/C16H28N4O2/c1-12(11-20-8-6-7-18-20)10-17-14(21)19-13-9-15(2,3)22-16(13,4)5/h6-8,12-13H,9-11H2,1-5H3,(H2,17,19,21)/t12-,13-/m1/s1. The van der Waals surface area contributed by atoms with Crippen LogP contribution >= 0.6 is 0 Å². The quantitative estimate of drug-likeness (QED) is 0.876. The molecule has 0 aromatic carbocycles. The third-order valence-electron chi connectivity index (χ3n) is 4.05. The number of nitrogens with zero attached hydrogens (tertiary/aromatic N) is 2. The fourth-order valence-electron chi connectivity index (χ4n) is 3.06. The first-order valence-electron chi connectivity index (χ1n) is 7.90. The average molecular weight is 308 g/mol. The molecule has 0 spiro atoms. The lowest BCUT2D eigenvalue weighted by Gasteiger charge is -2.27. The molecular weight excluding hydrogens is 280 g/mol. The second-order valence-corrected chi connectivity index (χ2v) is 7.41. The van der Waals surface area contributed by atoms with Crippen molar-refractivity contribution in [2.24, 2.45) is 5.92 Å². The molecule has 124 valence electrons. The van der Waals surface area contributed by atoms with Crippen LogP contribution in [0.1, 0.15) is 41.0 Å². The van der Waals surface area contributed by atoms with Gasteiger partial charge >= 0.3 is 6.03 Å². The number of carbonyl (C=O) groups is 1. The van der Waals surface area contributed by atoms with Crippen molar-refractivity contribution in [1.82, 2.24) is 20.4 Å². The average Bonchev–Trinajstić information content (AvgIpc) is 2.93. The number of aromatic nitrogens is 2. The van der Waals surface area contributed by atoms with E-state index in [1.165, 1.54) is 0 Å². The summed E-state index contributed by atoms with van der Waals surface area (Å²) in [6.07, 6.45) is 4.50. The highest BCUT2D eigenvalue weighted by Crippen LogP contribution is 2.37. The predicted octanol–water partition coefficient (Wildman–Crippen LogP) is 2.16. The number of nitrogens with one attached hydrogen (secondary N) is 2. The lowest BCUT2D eigenvalue weighted by Crippen LogP contribution is -2.50. The van der Waals surface area contributed by atoms with Gasteiger partial charge in [-0.05, 0) is 46.1 Å². The minimum absolute atomic E-state index is 0.0175. The van der Waals surface area contributed by atoms with Crippen molar-refractivity contribution in [2.45, 2.75) is 64.8 Å². The molecule has 0 aliphatic carbocycles. The van der Waals surface area contributed by atoms with E-state index in [2.05, 4.69) is 36.5 Å². The van der Waals surface area contributed by atoms with E-state index < -0.39 is 0 Å². The maximum absolute atomic E-state index is 12.1. The number of urea groups is 1. The Morgan fingerprint density at radius 3 is 2.73 bits per heavy atom. The Morgan fingerprint density at radius 1 is 1.45 bits per heavy atom. The summed E-state index contributed by atoms with van der Waals surface area (Å²) in [6.45, 7) is 11.6. The summed E-state index contributed by atoms with van der Waals surface area (Å²) in [4.78, 5) is 12.1. The van der Waals surface area contributed by atoms with Crippen molar-refractivity contribution in [2.75, 3.05) is 6.54 Å². The first kappa shape index (κ1) is 16.8. The third-order valence-corrected chi connectivity index (χ3v) is 4.05. The van der Waals surface area contributed by atoms with Crippen molar-refractivity contribution >= 4 is 6.03 Å². The van der Waals surface area contributed by atoms with E-state index in [1.54, 1.807) is 6.20 Å². The highest BCUT2D eigenvalue weighted by atomic mass is 16.5. The summed E-state index contributed by atoms with van der Waals surface area (Å²) in [5, 5.41) is 10.2. The molecule has 0 bridgehead atoms. The van der Waals surface area contributed by atoms with E-state index in [0.717, 1.165) is 13.0 Å². The van der Waals surface area contributed by atoms with Gasteiger partial charge in [-0.15, -0.1) is 0 Å². The van der Waals surface area contributed by atoms with Gasteiger partial charge < -0.3 is 15.4 Å². The Morgan fingerprint density at radius 2 is 2.18 bits per heavy atom. The van der Waals surface area contributed by atoms with Crippen LogP contribution in [0.3, 0.4) is 0 Å². The largest absolute Gasteiger partial charge is 0.367 e. The molecule has 6 nitrogen and oxygen atoms in total. The first-order chi connectivity index (χ1) is 10.2. The molecule has 2 rings (SSSR count). The number of carbonyl (C=O) groups excluding carboxylic acids is 1. The first-order valence-corrected chi connectivity index (χ1v) is 7.90. The highest BCUT2D eigenvalue weighted by molar-refractivity contribution is 5.74. The van der Waals surface area contributed by atoms with E-state index in [9.17, 15) is 4.79 Å². The van der Waals surface area contributed by atoms with Gasteiger partial charge in [-0.2, -0.15) is 5.10 Å². The Hall–Kier alpha value is -1.56. The molecule has 6 heteroatoms. The van der Waals surface area contributed by atoms with Gasteiger partial charge in [-0.25, -0.2) is 4.79 Å². The van der Waals surface area contributed by atoms with Crippen molar-refractivity contribution in [3.8, 4) is 0 Å². The minimum atomic E-state index is -0.346. The molecular formula is C16H28N4O2. The zero-order chi connectivity index (χ0) is 16.4. The third kappa shape index (κ3) is 4.47. The van der Waals surface area contributed by atoms with Crippen LogP contribution in [-0.2, 0) is 11.3 Å². The lowest BCUT2D eigenvalue weighted by atomic mass is 9.95. The highest BCUT2D eigenvalue weighted by Gasteiger charge is 2.46. The molecule has 2 atom stereocenters. The van der Waals surface area contributed by atoms with E-state index >= 15 is 0 Å². The van der Waals surface area contributed by atoms with Gasteiger partial charge in [-0.1, -0.05) is 6.92 Å². The van der Waals surface area contributed by atoms with Gasteiger partial charge in [0.05, 0.1) is 17.2 Å². The van der Waals surface area contributed by atoms with Gasteiger partial charge in [0.15, 0.2) is 0 Å². The Balaban J connectivity index is 1.76. The van der Waals surface area contributed by atoms with Crippen LogP contribution in [0.15, 0.2) is 18.5 Å². The number of amides is 2. The van der Waals surface area contributed by atoms with Crippen LogP contribution in [0, 0.1) is 5.92 Å². The van der Waals surface area contributed by atoms with Gasteiger partial charge in [0, 0.05) is 25.5 Å². The summed E-state index contributed by atoms with van der Waals surface area (Å²) < 4.78 is 7.87. The van der Waals surface area contributed by atoms with Crippen molar-refractivity contribution < 1.29 is 9.53 Å². The summed E-state index contributed by atoms with van der Waals surface area (Å²) in [5.41, 5.74) is -0.545. The van der Waals surface area contributed by atoms with Gasteiger partial charge in [-0.3, -0.25) is 4.68 Å². The van der Waals surface area contributed by atoms with Crippen LogP contribution in [0.5, 0.6) is 0 Å². The molecule has 2 heterocycles. The maximum atomic E-state index is 12.1. The Bertz CT molecular complexity index is 496. The maximum Gasteiger partial charge on any atom is 0.315 e. The molecule has 1 aliphatic rings. The molecule has 0 unspecified atom stereocenters. The van der Waals surface area contributed by atoms with Crippen LogP contribution in [0.25, 0.3) is 0 Å². The fourth-order valence-corrected chi connectivity index (χ4v) is 3.06. The molecule has 0 radical (unpaired) electrons. The van der Waals surface area contributed by atoms with E-state index in [4.69, 9.17) is 4.74 Å². The van der Waals surface area contributed by atoms with Gasteiger partial charge in [0.25, 0.3) is 0 Å². The topological polar surface area (TPSA) is 68.2 Å². The molecule has 0 saturated carbocycles. The zero-order valence-corrected chi connectivity index (χ0v) is 14.2. The normalized spacial score (nSPS) is 24.0. The molecule has 1 aromatic rings. The summed E-state index contributed by atoms with van der Waals surface area (Å²) in [5.74, 6) is 0.315. The van der Waals surface area contributed by atoms with Gasteiger partial charge in [0.2, 0.25) is 0 Å². The summed E-state index contributed by atoms with van der Waals surface area (Å²) in [6, 6.07) is 1.78. The van der Waals surface area contributed by atoms with Crippen LogP contribution in [0.2, 0.25) is 0 Å². The number of hydrogen-bond donors (Lipinski definition) is 2. The summed E-state index contributed by atoms with van der Waals surface area (Å²) in [7, 11) is 0. The number of rotatable bonds is 5.